The van der Waals surface area contributed by atoms with E-state index in [1.165, 1.54) is 12.8 Å². The summed E-state index contributed by atoms with van der Waals surface area (Å²) in [7, 11) is -7.13. The third-order valence-corrected chi connectivity index (χ3v) is 15.2. The lowest BCUT2D eigenvalue weighted by atomic mass is 9.95. The van der Waals surface area contributed by atoms with E-state index in [0.29, 0.717) is 34.8 Å². The standard InChI is InChI=1S/2C20H24FN5O3S/c2*1-14(10-18-22-11-15(21)12-23-18)30(27,28)13-19-24-25-20(17-8-5-9-29-17)26(19)16-6-3-2-4-7-16/h2*5,8-9,11-12,14,16H,2-4,6-7,10,13H2,1H3/t2*14-/m10/s1. The van der Waals surface area contributed by atoms with Gasteiger partial charge in [-0.2, -0.15) is 0 Å². The highest BCUT2D eigenvalue weighted by Gasteiger charge is 2.32. The molecule has 320 valence electrons. The summed E-state index contributed by atoms with van der Waals surface area (Å²) in [5.41, 5.74) is 0. The topological polar surface area (TPSA) is 208 Å². The number of halogens is 2. The molecule has 8 rings (SSSR count). The predicted molar refractivity (Wildman–Crippen MR) is 215 cm³/mol. The molecule has 6 aromatic heterocycles. The number of furan rings is 2. The SMILES string of the molecule is C[C@@H](Cc1ncc(F)cn1)S(=O)(=O)Cc1nnc(-c2ccco2)n1C1CCCCC1.C[C@H](Cc1ncc(F)cn1)S(=O)(=O)Cc1nnc(-c2ccco2)n1C1CCCCC1. The van der Waals surface area contributed by atoms with Crippen molar-refractivity contribution in [1.29, 1.82) is 0 Å². The molecule has 2 saturated carbocycles. The summed E-state index contributed by atoms with van der Waals surface area (Å²) in [6.45, 7) is 3.22. The zero-order chi connectivity index (χ0) is 42.3. The zero-order valence-corrected chi connectivity index (χ0v) is 35.1. The van der Waals surface area contributed by atoms with Crippen LogP contribution in [0.2, 0.25) is 0 Å². The third-order valence-electron chi connectivity index (χ3n) is 11.1. The van der Waals surface area contributed by atoms with E-state index in [1.54, 1.807) is 50.6 Å². The van der Waals surface area contributed by atoms with Crippen LogP contribution < -0.4 is 0 Å². The first kappa shape index (κ1) is 42.9. The molecular formula is C40H48F2N10O6S2. The molecule has 20 heteroatoms. The van der Waals surface area contributed by atoms with Gasteiger partial charge in [0.25, 0.3) is 0 Å². The van der Waals surface area contributed by atoms with E-state index in [-0.39, 0.29) is 48.1 Å². The fourth-order valence-electron chi connectivity index (χ4n) is 7.74. The van der Waals surface area contributed by atoms with E-state index < -0.39 is 41.8 Å². The van der Waals surface area contributed by atoms with E-state index in [0.717, 1.165) is 76.2 Å². The number of nitrogens with zero attached hydrogens (tertiary/aromatic N) is 10. The molecule has 0 bridgehead atoms. The molecule has 2 fully saturated rings. The van der Waals surface area contributed by atoms with Gasteiger partial charge < -0.3 is 18.0 Å². The van der Waals surface area contributed by atoms with Crippen molar-refractivity contribution >= 4 is 19.7 Å². The average molecular weight is 867 g/mol. The van der Waals surface area contributed by atoms with Crippen molar-refractivity contribution in [3.63, 3.8) is 0 Å². The minimum atomic E-state index is -3.57. The predicted octanol–water partition coefficient (Wildman–Crippen LogP) is 7.04. The lowest BCUT2D eigenvalue weighted by molar-refractivity contribution is 0.347. The van der Waals surface area contributed by atoms with Gasteiger partial charge in [-0.05, 0) is 63.8 Å². The van der Waals surface area contributed by atoms with Crippen molar-refractivity contribution in [2.45, 2.75) is 125 Å². The van der Waals surface area contributed by atoms with Crippen molar-refractivity contribution in [3.8, 4) is 23.2 Å². The second-order valence-electron chi connectivity index (χ2n) is 15.4. The number of hydrogen-bond acceptors (Lipinski definition) is 14. The Morgan fingerprint density at radius 3 is 1.30 bits per heavy atom. The molecule has 2 aliphatic carbocycles. The summed E-state index contributed by atoms with van der Waals surface area (Å²) >= 11 is 0. The third kappa shape index (κ3) is 10.4. The van der Waals surface area contributed by atoms with Crippen LogP contribution in [0.15, 0.2) is 70.4 Å². The molecule has 0 amide bonds. The highest BCUT2D eigenvalue weighted by molar-refractivity contribution is 7.91. The molecule has 0 spiro atoms. The van der Waals surface area contributed by atoms with Crippen LogP contribution in [-0.2, 0) is 44.0 Å². The number of rotatable bonds is 14. The minimum absolute atomic E-state index is 0.102. The van der Waals surface area contributed by atoms with Gasteiger partial charge in [-0.1, -0.05) is 38.5 Å². The van der Waals surface area contributed by atoms with Gasteiger partial charge in [0.1, 0.15) is 34.8 Å². The normalized spacial score (nSPS) is 16.6. The second kappa shape index (κ2) is 19.0. The summed E-state index contributed by atoms with van der Waals surface area (Å²) < 4.78 is 93.2. The lowest BCUT2D eigenvalue weighted by Gasteiger charge is -2.25. The fraction of sp³-hybridized carbons (Fsp3) is 0.500. The molecule has 0 aromatic carbocycles. The fourth-order valence-corrected chi connectivity index (χ4v) is 10.2. The van der Waals surface area contributed by atoms with E-state index >= 15 is 0 Å². The average Bonchev–Trinajstić information content (AvgIpc) is 4.09. The Morgan fingerprint density at radius 2 is 0.967 bits per heavy atom. The zero-order valence-electron chi connectivity index (χ0n) is 33.5. The summed E-state index contributed by atoms with van der Waals surface area (Å²) in [5, 5.41) is 15.5. The second-order valence-corrected chi connectivity index (χ2v) is 20.3. The lowest BCUT2D eigenvalue weighted by Crippen LogP contribution is -2.26. The van der Waals surface area contributed by atoms with Crippen LogP contribution in [0, 0.1) is 11.6 Å². The quantitative estimate of drug-likeness (QED) is 0.108. The molecule has 2 atom stereocenters. The van der Waals surface area contributed by atoms with Crippen LogP contribution in [0.3, 0.4) is 0 Å². The van der Waals surface area contributed by atoms with Crippen LogP contribution in [0.1, 0.15) is 113 Å². The summed E-state index contributed by atoms with van der Waals surface area (Å²) in [5.74, 6) is 2.10. The van der Waals surface area contributed by atoms with E-state index in [1.807, 2.05) is 9.13 Å². The first-order valence-corrected chi connectivity index (χ1v) is 23.6. The first-order valence-electron chi connectivity index (χ1n) is 20.2. The van der Waals surface area contributed by atoms with Crippen LogP contribution in [0.25, 0.3) is 23.2 Å². The molecule has 0 unspecified atom stereocenters. The Hall–Kier alpha value is -5.24. The van der Waals surface area contributed by atoms with Crippen molar-refractivity contribution < 1.29 is 34.5 Å². The molecule has 60 heavy (non-hydrogen) atoms. The molecule has 6 aromatic rings. The Balaban J connectivity index is 0.000000181. The maximum atomic E-state index is 13.1. The minimum Gasteiger partial charge on any atom is -0.461 e. The van der Waals surface area contributed by atoms with Crippen LogP contribution >= 0.6 is 0 Å². The Morgan fingerprint density at radius 1 is 0.600 bits per heavy atom. The maximum Gasteiger partial charge on any atom is 0.200 e. The number of sulfone groups is 2. The van der Waals surface area contributed by atoms with Crippen LogP contribution in [-0.4, -0.2) is 76.8 Å². The van der Waals surface area contributed by atoms with Crippen molar-refractivity contribution in [2.24, 2.45) is 0 Å². The van der Waals surface area contributed by atoms with Gasteiger partial charge >= 0.3 is 0 Å². The monoisotopic (exact) mass is 866 g/mol. The molecule has 16 nitrogen and oxygen atoms in total. The molecule has 0 aliphatic heterocycles. The molecule has 0 N–H and O–H groups in total. The summed E-state index contributed by atoms with van der Waals surface area (Å²) in [6, 6.07) is 7.45. The van der Waals surface area contributed by atoms with Crippen molar-refractivity contribution in [3.05, 3.63) is 96.5 Å². The Kier molecular flexibility index (Phi) is 13.6. The molecule has 0 radical (unpaired) electrons. The molecule has 2 aliphatic rings. The number of hydrogen-bond donors (Lipinski definition) is 0. The van der Waals surface area contributed by atoms with Gasteiger partial charge in [0.05, 0.1) is 47.8 Å². The van der Waals surface area contributed by atoms with E-state index in [2.05, 4.69) is 40.3 Å². The maximum absolute atomic E-state index is 13.1. The summed E-state index contributed by atoms with van der Waals surface area (Å²) in [6.07, 6.45) is 18.0. The van der Waals surface area contributed by atoms with Crippen LogP contribution in [0.5, 0.6) is 0 Å². The Labute approximate surface area is 347 Å². The van der Waals surface area contributed by atoms with E-state index in [4.69, 9.17) is 8.83 Å². The number of aromatic nitrogens is 10. The highest BCUT2D eigenvalue weighted by Crippen LogP contribution is 2.35. The molecular weight excluding hydrogens is 819 g/mol. The van der Waals surface area contributed by atoms with Crippen molar-refractivity contribution in [2.75, 3.05) is 0 Å². The first-order chi connectivity index (χ1) is 28.9. The van der Waals surface area contributed by atoms with Gasteiger partial charge in [0.15, 0.2) is 54.5 Å². The van der Waals surface area contributed by atoms with Gasteiger partial charge in [0.2, 0.25) is 0 Å². The summed E-state index contributed by atoms with van der Waals surface area (Å²) in [4.78, 5) is 15.5. The van der Waals surface area contributed by atoms with E-state index in [9.17, 15) is 25.6 Å². The highest BCUT2D eigenvalue weighted by atomic mass is 32.2. The smallest absolute Gasteiger partial charge is 0.200 e. The largest absolute Gasteiger partial charge is 0.461 e. The van der Waals surface area contributed by atoms with Gasteiger partial charge in [-0.25, -0.2) is 45.6 Å². The van der Waals surface area contributed by atoms with Gasteiger partial charge in [0, 0.05) is 24.9 Å². The van der Waals surface area contributed by atoms with Gasteiger partial charge in [-0.15, -0.1) is 20.4 Å². The molecule has 0 saturated heterocycles. The van der Waals surface area contributed by atoms with Gasteiger partial charge in [-0.3, -0.25) is 0 Å². The molecule has 6 heterocycles. The Bertz CT molecular complexity index is 2320. The van der Waals surface area contributed by atoms with Crippen LogP contribution in [0.4, 0.5) is 8.78 Å². The van der Waals surface area contributed by atoms with Crippen molar-refractivity contribution in [1.82, 2.24) is 49.5 Å².